The van der Waals surface area contributed by atoms with Crippen LogP contribution in [0.5, 0.6) is 0 Å². The molecule has 2 heterocycles. The molecular formula is C19H32N4O2. The third kappa shape index (κ3) is 4.60. The number of rotatable bonds is 5. The largest absolute Gasteiger partial charge is 0.353 e. The maximum atomic E-state index is 12.4. The summed E-state index contributed by atoms with van der Waals surface area (Å²) in [6, 6.07) is 0.446. The van der Waals surface area contributed by atoms with E-state index in [1.54, 1.807) is 0 Å². The van der Waals surface area contributed by atoms with Gasteiger partial charge in [0.15, 0.2) is 5.82 Å². The Labute approximate surface area is 150 Å². The molecule has 2 aliphatic rings. The molecule has 0 radical (unpaired) electrons. The number of nitrogens with zero attached hydrogens (tertiary/aromatic N) is 3. The molecule has 6 nitrogen and oxygen atoms in total. The van der Waals surface area contributed by atoms with Gasteiger partial charge in [-0.3, -0.25) is 9.69 Å². The van der Waals surface area contributed by atoms with Gasteiger partial charge in [-0.25, -0.2) is 0 Å². The van der Waals surface area contributed by atoms with Crippen LogP contribution in [0.1, 0.15) is 89.4 Å². The van der Waals surface area contributed by atoms with Crippen LogP contribution in [0.3, 0.4) is 0 Å². The van der Waals surface area contributed by atoms with Gasteiger partial charge in [-0.1, -0.05) is 38.3 Å². The predicted molar refractivity (Wildman–Crippen MR) is 96.1 cm³/mol. The summed E-state index contributed by atoms with van der Waals surface area (Å²) in [5, 5.41) is 7.36. The lowest BCUT2D eigenvalue weighted by atomic mass is 9.88. The lowest BCUT2D eigenvalue weighted by Gasteiger charge is -2.35. The van der Waals surface area contributed by atoms with Gasteiger partial charge >= 0.3 is 0 Å². The van der Waals surface area contributed by atoms with Crippen LogP contribution in [0, 0.1) is 5.92 Å². The average Bonchev–Trinajstić information content (AvgIpc) is 3.13. The van der Waals surface area contributed by atoms with Crippen LogP contribution in [0.2, 0.25) is 0 Å². The van der Waals surface area contributed by atoms with E-state index < -0.39 is 0 Å². The highest BCUT2D eigenvalue weighted by molar-refractivity contribution is 5.79. The lowest BCUT2D eigenvalue weighted by molar-refractivity contribution is -0.127. The summed E-state index contributed by atoms with van der Waals surface area (Å²) in [5.74, 6) is 2.29. The molecule has 1 aliphatic heterocycles. The zero-order valence-electron chi connectivity index (χ0n) is 15.8. The van der Waals surface area contributed by atoms with E-state index in [4.69, 9.17) is 4.52 Å². The van der Waals surface area contributed by atoms with Crippen molar-refractivity contribution in [3.8, 4) is 0 Å². The third-order valence-corrected chi connectivity index (χ3v) is 5.73. The number of hydrogen-bond donors (Lipinski definition) is 1. The topological polar surface area (TPSA) is 71.3 Å². The van der Waals surface area contributed by atoms with E-state index in [2.05, 4.69) is 41.1 Å². The van der Waals surface area contributed by atoms with Gasteiger partial charge in [-0.2, -0.15) is 4.98 Å². The van der Waals surface area contributed by atoms with Crippen molar-refractivity contribution in [2.24, 2.45) is 5.92 Å². The van der Waals surface area contributed by atoms with Crippen molar-refractivity contribution < 1.29 is 9.32 Å². The number of hydrogen-bond acceptors (Lipinski definition) is 5. The molecular weight excluding hydrogens is 316 g/mol. The first-order chi connectivity index (χ1) is 12.0. The second-order valence-corrected chi connectivity index (χ2v) is 7.98. The molecule has 2 fully saturated rings. The van der Waals surface area contributed by atoms with Crippen molar-refractivity contribution in [1.29, 1.82) is 0 Å². The van der Waals surface area contributed by atoms with Gasteiger partial charge in [0, 0.05) is 31.0 Å². The Bertz CT molecular complexity index is 558. The first-order valence-electron chi connectivity index (χ1n) is 9.92. The monoisotopic (exact) mass is 348 g/mol. The first kappa shape index (κ1) is 18.4. The molecule has 0 aromatic carbocycles. The number of amides is 1. The maximum absolute atomic E-state index is 12.4. The summed E-state index contributed by atoms with van der Waals surface area (Å²) >= 11 is 0. The second kappa shape index (κ2) is 8.30. The van der Waals surface area contributed by atoms with E-state index in [9.17, 15) is 4.79 Å². The number of likely N-dealkylation sites (tertiary alicyclic amines) is 1. The summed E-state index contributed by atoms with van der Waals surface area (Å²) in [7, 11) is 0. The smallest absolute Gasteiger partial charge is 0.243 e. The van der Waals surface area contributed by atoms with Crippen LogP contribution in [0.25, 0.3) is 0 Å². The van der Waals surface area contributed by atoms with Crippen LogP contribution in [0.4, 0.5) is 0 Å². The molecule has 6 heteroatoms. The van der Waals surface area contributed by atoms with Crippen molar-refractivity contribution in [2.75, 3.05) is 13.1 Å². The van der Waals surface area contributed by atoms with Gasteiger partial charge in [0.25, 0.3) is 0 Å². The highest BCUT2D eigenvalue weighted by Gasteiger charge is 2.29. The SMILES string of the molecule is CC(C)c1noc(C(C)N2CCC(NC(=O)C3CCCCC3)CC2)n1. The Morgan fingerprint density at radius 2 is 1.80 bits per heavy atom. The normalized spacial score (nSPS) is 22.2. The number of aromatic nitrogens is 2. The summed E-state index contributed by atoms with van der Waals surface area (Å²) in [6.07, 6.45) is 7.82. The van der Waals surface area contributed by atoms with E-state index in [0.717, 1.165) is 44.6 Å². The van der Waals surface area contributed by atoms with Crippen molar-refractivity contribution in [3.63, 3.8) is 0 Å². The number of carbonyl (C=O) groups is 1. The minimum atomic E-state index is 0.134. The van der Waals surface area contributed by atoms with Gasteiger partial charge in [0.1, 0.15) is 0 Å². The fourth-order valence-corrected chi connectivity index (χ4v) is 3.92. The first-order valence-corrected chi connectivity index (χ1v) is 9.92. The lowest BCUT2D eigenvalue weighted by Crippen LogP contribution is -2.47. The molecule has 1 aliphatic carbocycles. The number of nitrogens with one attached hydrogen (secondary N) is 1. The van der Waals surface area contributed by atoms with Crippen LogP contribution in [-0.4, -0.2) is 40.1 Å². The quantitative estimate of drug-likeness (QED) is 0.883. The molecule has 1 N–H and O–H groups in total. The Kier molecular flexibility index (Phi) is 6.10. The Hall–Kier alpha value is -1.43. The predicted octanol–water partition coefficient (Wildman–Crippen LogP) is 3.41. The molecule has 1 unspecified atom stereocenters. The van der Waals surface area contributed by atoms with Crippen molar-refractivity contribution in [3.05, 3.63) is 11.7 Å². The van der Waals surface area contributed by atoms with Gasteiger partial charge < -0.3 is 9.84 Å². The summed E-state index contributed by atoms with van der Waals surface area (Å²) in [6.45, 7) is 8.17. The molecule has 1 atom stereocenters. The molecule has 0 bridgehead atoms. The van der Waals surface area contributed by atoms with E-state index in [-0.39, 0.29) is 23.8 Å². The van der Waals surface area contributed by atoms with E-state index in [1.165, 1.54) is 19.3 Å². The molecule has 1 saturated heterocycles. The van der Waals surface area contributed by atoms with Gasteiger partial charge in [0.2, 0.25) is 11.8 Å². The Balaban J connectivity index is 1.46. The Morgan fingerprint density at radius 3 is 2.40 bits per heavy atom. The second-order valence-electron chi connectivity index (χ2n) is 7.98. The molecule has 140 valence electrons. The fraction of sp³-hybridized carbons (Fsp3) is 0.842. The highest BCUT2D eigenvalue weighted by atomic mass is 16.5. The van der Waals surface area contributed by atoms with Crippen LogP contribution < -0.4 is 5.32 Å². The zero-order chi connectivity index (χ0) is 17.8. The minimum absolute atomic E-state index is 0.134. The van der Waals surface area contributed by atoms with Gasteiger partial charge in [-0.15, -0.1) is 0 Å². The third-order valence-electron chi connectivity index (χ3n) is 5.73. The zero-order valence-corrected chi connectivity index (χ0v) is 15.8. The molecule has 1 aromatic heterocycles. The molecule has 1 saturated carbocycles. The molecule has 0 spiro atoms. The van der Waals surface area contributed by atoms with E-state index >= 15 is 0 Å². The minimum Gasteiger partial charge on any atom is -0.353 e. The standard InChI is InChI=1S/C19H32N4O2/c1-13(2)17-21-19(25-22-17)14(3)23-11-9-16(10-12-23)20-18(24)15-7-5-4-6-8-15/h13-16H,4-12H2,1-3H3,(H,20,24). The van der Waals surface area contributed by atoms with Crippen LogP contribution in [-0.2, 0) is 4.79 Å². The van der Waals surface area contributed by atoms with Crippen LogP contribution >= 0.6 is 0 Å². The fourth-order valence-electron chi connectivity index (χ4n) is 3.92. The van der Waals surface area contributed by atoms with Crippen LogP contribution in [0.15, 0.2) is 4.52 Å². The molecule has 1 aromatic rings. The van der Waals surface area contributed by atoms with Crippen molar-refractivity contribution >= 4 is 5.91 Å². The summed E-state index contributed by atoms with van der Waals surface area (Å²) in [5.41, 5.74) is 0. The highest BCUT2D eigenvalue weighted by Crippen LogP contribution is 2.26. The molecule has 3 rings (SSSR count). The van der Waals surface area contributed by atoms with Crippen molar-refractivity contribution in [1.82, 2.24) is 20.4 Å². The Morgan fingerprint density at radius 1 is 1.12 bits per heavy atom. The van der Waals surface area contributed by atoms with Gasteiger partial charge in [-0.05, 0) is 32.6 Å². The maximum Gasteiger partial charge on any atom is 0.243 e. The summed E-state index contributed by atoms with van der Waals surface area (Å²) in [4.78, 5) is 19.3. The average molecular weight is 348 g/mol. The summed E-state index contributed by atoms with van der Waals surface area (Å²) < 4.78 is 5.44. The van der Waals surface area contributed by atoms with Crippen molar-refractivity contribution in [2.45, 2.75) is 83.7 Å². The van der Waals surface area contributed by atoms with E-state index in [0.29, 0.717) is 11.9 Å². The van der Waals surface area contributed by atoms with Gasteiger partial charge in [0.05, 0.1) is 6.04 Å². The number of piperidine rings is 1. The van der Waals surface area contributed by atoms with E-state index in [1.807, 2.05) is 0 Å². The molecule has 25 heavy (non-hydrogen) atoms. The molecule has 1 amide bonds. The number of carbonyl (C=O) groups excluding carboxylic acids is 1.